The van der Waals surface area contributed by atoms with E-state index in [2.05, 4.69) is 36.9 Å². The molecule has 2 aliphatic rings. The summed E-state index contributed by atoms with van der Waals surface area (Å²) >= 11 is 0. The molecule has 0 aromatic heterocycles. The van der Waals surface area contributed by atoms with Crippen LogP contribution in [-0.2, 0) is 17.8 Å². The van der Waals surface area contributed by atoms with E-state index in [1.165, 1.54) is 16.7 Å². The van der Waals surface area contributed by atoms with E-state index in [1.807, 2.05) is 0 Å². The Bertz CT molecular complexity index is 474. The van der Waals surface area contributed by atoms with Crippen LogP contribution in [0.15, 0.2) is 18.2 Å². The van der Waals surface area contributed by atoms with Crippen LogP contribution in [0.2, 0.25) is 0 Å². The lowest BCUT2D eigenvalue weighted by Gasteiger charge is -2.29. The van der Waals surface area contributed by atoms with Gasteiger partial charge in [0.05, 0.1) is 0 Å². The van der Waals surface area contributed by atoms with E-state index < -0.39 is 0 Å². The smallest absolute Gasteiger partial charge is 0.225 e. The number of benzene rings is 1. The summed E-state index contributed by atoms with van der Waals surface area (Å²) in [6.45, 7) is 6.19. The minimum absolute atomic E-state index is 0.349. The zero-order chi connectivity index (χ0) is 12.7. The van der Waals surface area contributed by atoms with Crippen LogP contribution < -0.4 is 0 Å². The van der Waals surface area contributed by atoms with Crippen LogP contribution in [0, 0.1) is 5.92 Å². The summed E-state index contributed by atoms with van der Waals surface area (Å²) in [5.41, 5.74) is 4.21. The fourth-order valence-corrected chi connectivity index (χ4v) is 2.71. The third-order valence-corrected chi connectivity index (χ3v) is 4.15. The number of fused-ring (bicyclic) bond motifs is 1. The number of amides is 1. The van der Waals surface area contributed by atoms with Crippen LogP contribution in [0.3, 0.4) is 0 Å². The van der Waals surface area contributed by atoms with Gasteiger partial charge in [0, 0.05) is 19.0 Å². The van der Waals surface area contributed by atoms with E-state index in [0.29, 0.717) is 17.7 Å². The SMILES string of the molecule is CC(C)c1ccc2c(c1)CCN(C(=O)C1CC1)C2. The molecule has 0 saturated heterocycles. The molecule has 1 heterocycles. The molecule has 1 aromatic carbocycles. The van der Waals surface area contributed by atoms with Gasteiger partial charge in [-0.05, 0) is 41.9 Å². The van der Waals surface area contributed by atoms with E-state index in [4.69, 9.17) is 0 Å². The van der Waals surface area contributed by atoms with Gasteiger partial charge in [-0.3, -0.25) is 4.79 Å². The van der Waals surface area contributed by atoms with Gasteiger partial charge in [-0.15, -0.1) is 0 Å². The molecular weight excluding hydrogens is 222 g/mol. The Labute approximate surface area is 109 Å². The van der Waals surface area contributed by atoms with Gasteiger partial charge in [-0.25, -0.2) is 0 Å². The summed E-state index contributed by atoms with van der Waals surface area (Å²) in [4.78, 5) is 14.1. The second-order valence-corrected chi connectivity index (χ2v) is 5.97. The second kappa shape index (κ2) is 4.42. The highest BCUT2D eigenvalue weighted by Crippen LogP contribution is 2.33. The summed E-state index contributed by atoms with van der Waals surface area (Å²) in [5.74, 6) is 1.32. The van der Waals surface area contributed by atoms with Crippen LogP contribution in [0.1, 0.15) is 49.3 Å². The normalized spacial score (nSPS) is 18.9. The average molecular weight is 243 g/mol. The highest BCUT2D eigenvalue weighted by Gasteiger charge is 2.34. The molecule has 0 spiro atoms. The molecule has 96 valence electrons. The van der Waals surface area contributed by atoms with Crippen molar-refractivity contribution in [1.82, 2.24) is 4.90 Å². The van der Waals surface area contributed by atoms with Crippen molar-refractivity contribution in [3.63, 3.8) is 0 Å². The molecule has 0 atom stereocenters. The molecule has 1 aliphatic heterocycles. The Morgan fingerprint density at radius 3 is 2.72 bits per heavy atom. The molecular formula is C16H21NO. The molecule has 0 unspecified atom stereocenters. The van der Waals surface area contributed by atoms with Crippen molar-refractivity contribution in [2.45, 2.75) is 45.6 Å². The van der Waals surface area contributed by atoms with E-state index in [0.717, 1.165) is 32.4 Å². The maximum atomic E-state index is 12.1. The van der Waals surface area contributed by atoms with Gasteiger partial charge in [0.2, 0.25) is 5.91 Å². The van der Waals surface area contributed by atoms with Crippen LogP contribution >= 0.6 is 0 Å². The molecule has 1 fully saturated rings. The van der Waals surface area contributed by atoms with Gasteiger partial charge in [0.1, 0.15) is 0 Å². The number of carbonyl (C=O) groups is 1. The number of nitrogens with zero attached hydrogens (tertiary/aromatic N) is 1. The summed E-state index contributed by atoms with van der Waals surface area (Å²) in [6.07, 6.45) is 3.23. The van der Waals surface area contributed by atoms with Crippen molar-refractivity contribution >= 4 is 5.91 Å². The van der Waals surface area contributed by atoms with E-state index in [1.54, 1.807) is 0 Å². The van der Waals surface area contributed by atoms with Crippen molar-refractivity contribution in [3.8, 4) is 0 Å². The topological polar surface area (TPSA) is 20.3 Å². The quantitative estimate of drug-likeness (QED) is 0.781. The Kier molecular flexibility index (Phi) is 2.89. The Morgan fingerprint density at radius 2 is 2.06 bits per heavy atom. The van der Waals surface area contributed by atoms with Gasteiger partial charge in [-0.2, -0.15) is 0 Å². The third-order valence-electron chi connectivity index (χ3n) is 4.15. The molecule has 0 bridgehead atoms. The van der Waals surface area contributed by atoms with E-state index in [-0.39, 0.29) is 0 Å². The van der Waals surface area contributed by atoms with Crippen LogP contribution in [0.25, 0.3) is 0 Å². The minimum atomic E-state index is 0.349. The van der Waals surface area contributed by atoms with Crippen molar-refractivity contribution in [3.05, 3.63) is 34.9 Å². The standard InChI is InChI=1S/C16H21NO/c1-11(2)13-5-6-15-10-17(8-7-14(15)9-13)16(18)12-3-4-12/h5-6,9,11-12H,3-4,7-8,10H2,1-2H3. The Morgan fingerprint density at radius 1 is 1.28 bits per heavy atom. The number of rotatable bonds is 2. The number of hydrogen-bond acceptors (Lipinski definition) is 1. The van der Waals surface area contributed by atoms with Crippen molar-refractivity contribution in [2.24, 2.45) is 5.92 Å². The lowest BCUT2D eigenvalue weighted by atomic mass is 9.93. The Hall–Kier alpha value is -1.31. The molecule has 2 heteroatoms. The summed E-state index contributed by atoms with van der Waals surface area (Å²) in [6, 6.07) is 6.77. The largest absolute Gasteiger partial charge is 0.338 e. The fraction of sp³-hybridized carbons (Fsp3) is 0.562. The van der Waals surface area contributed by atoms with E-state index in [9.17, 15) is 4.79 Å². The lowest BCUT2D eigenvalue weighted by Crippen LogP contribution is -2.36. The summed E-state index contributed by atoms with van der Waals surface area (Å²) in [5, 5.41) is 0. The van der Waals surface area contributed by atoms with E-state index >= 15 is 0 Å². The zero-order valence-electron chi connectivity index (χ0n) is 11.3. The molecule has 18 heavy (non-hydrogen) atoms. The first kappa shape index (κ1) is 11.8. The molecule has 1 aromatic rings. The number of carbonyl (C=O) groups excluding carboxylic acids is 1. The van der Waals surface area contributed by atoms with Gasteiger partial charge in [0.25, 0.3) is 0 Å². The van der Waals surface area contributed by atoms with Crippen LogP contribution in [0.4, 0.5) is 0 Å². The highest BCUT2D eigenvalue weighted by molar-refractivity contribution is 5.81. The van der Waals surface area contributed by atoms with Gasteiger partial charge in [-0.1, -0.05) is 32.0 Å². The average Bonchev–Trinajstić information content (AvgIpc) is 3.20. The minimum Gasteiger partial charge on any atom is -0.338 e. The Balaban J connectivity index is 1.78. The maximum absolute atomic E-state index is 12.1. The summed E-state index contributed by atoms with van der Waals surface area (Å²) < 4.78 is 0. The first-order valence-corrected chi connectivity index (χ1v) is 7.05. The zero-order valence-corrected chi connectivity index (χ0v) is 11.3. The second-order valence-electron chi connectivity index (χ2n) is 5.97. The van der Waals surface area contributed by atoms with Gasteiger partial charge in [0.15, 0.2) is 0 Å². The van der Waals surface area contributed by atoms with Crippen molar-refractivity contribution < 1.29 is 4.79 Å². The predicted molar refractivity (Wildman–Crippen MR) is 72.4 cm³/mol. The molecule has 1 amide bonds. The predicted octanol–water partition coefficient (Wildman–Crippen LogP) is 3.10. The van der Waals surface area contributed by atoms with Crippen LogP contribution in [0.5, 0.6) is 0 Å². The summed E-state index contributed by atoms with van der Waals surface area (Å²) in [7, 11) is 0. The fourth-order valence-electron chi connectivity index (χ4n) is 2.71. The van der Waals surface area contributed by atoms with Gasteiger partial charge < -0.3 is 4.90 Å². The van der Waals surface area contributed by atoms with Crippen LogP contribution in [-0.4, -0.2) is 17.4 Å². The first-order valence-electron chi connectivity index (χ1n) is 7.05. The molecule has 0 radical (unpaired) electrons. The molecule has 3 rings (SSSR count). The lowest BCUT2D eigenvalue weighted by molar-refractivity contribution is -0.133. The highest BCUT2D eigenvalue weighted by atomic mass is 16.2. The third kappa shape index (κ3) is 2.16. The maximum Gasteiger partial charge on any atom is 0.225 e. The molecule has 2 nitrogen and oxygen atoms in total. The molecule has 1 saturated carbocycles. The molecule has 0 N–H and O–H groups in total. The monoisotopic (exact) mass is 243 g/mol. The van der Waals surface area contributed by atoms with Gasteiger partial charge >= 0.3 is 0 Å². The molecule has 1 aliphatic carbocycles. The number of hydrogen-bond donors (Lipinski definition) is 0. The van der Waals surface area contributed by atoms with Crippen molar-refractivity contribution in [1.29, 1.82) is 0 Å². The first-order chi connectivity index (χ1) is 8.65. The van der Waals surface area contributed by atoms with Crippen molar-refractivity contribution in [2.75, 3.05) is 6.54 Å².